The van der Waals surface area contributed by atoms with E-state index >= 15 is 0 Å². The van der Waals surface area contributed by atoms with Gasteiger partial charge in [0.05, 0.1) is 17.1 Å². The minimum Gasteiger partial charge on any atom is -0.371 e. The van der Waals surface area contributed by atoms with Crippen molar-refractivity contribution in [1.29, 1.82) is 0 Å². The molecule has 10 nitrogen and oxygen atoms in total. The van der Waals surface area contributed by atoms with Crippen LogP contribution in [0.3, 0.4) is 0 Å². The van der Waals surface area contributed by atoms with Gasteiger partial charge >= 0.3 is 0 Å². The van der Waals surface area contributed by atoms with Gasteiger partial charge in [-0.1, -0.05) is 67.2 Å². The van der Waals surface area contributed by atoms with Crippen molar-refractivity contribution in [2.45, 2.75) is 71.1 Å². The number of hydrogen-bond acceptors (Lipinski definition) is 8. The van der Waals surface area contributed by atoms with E-state index in [2.05, 4.69) is 90.7 Å². The van der Waals surface area contributed by atoms with Gasteiger partial charge in [0.2, 0.25) is 10.0 Å². The first-order valence-corrected chi connectivity index (χ1v) is 20.3. The van der Waals surface area contributed by atoms with Gasteiger partial charge in [-0.3, -0.25) is 9.69 Å². The van der Waals surface area contributed by atoms with Crippen LogP contribution in [0.25, 0.3) is 5.70 Å². The fourth-order valence-corrected chi connectivity index (χ4v) is 8.63. The third-order valence-corrected chi connectivity index (χ3v) is 12.4. The van der Waals surface area contributed by atoms with Crippen molar-refractivity contribution in [3.8, 4) is 0 Å². The van der Waals surface area contributed by atoms with E-state index in [0.717, 1.165) is 92.3 Å². The maximum atomic E-state index is 12.7. The highest BCUT2D eigenvalue weighted by molar-refractivity contribution is 7.89. The van der Waals surface area contributed by atoms with Crippen LogP contribution in [-0.2, 0) is 23.1 Å². The maximum absolute atomic E-state index is 12.7. The fourth-order valence-electron chi connectivity index (χ4n) is 7.73. The Morgan fingerprint density at radius 2 is 1.47 bits per heavy atom. The summed E-state index contributed by atoms with van der Waals surface area (Å²) >= 11 is 0. The quantitative estimate of drug-likeness (QED) is 0.164. The summed E-state index contributed by atoms with van der Waals surface area (Å²) < 4.78 is 28.1. The lowest BCUT2D eigenvalue weighted by molar-refractivity contribution is 0.0298. The molecule has 280 valence electrons. The van der Waals surface area contributed by atoms with E-state index < -0.39 is 10.0 Å². The van der Waals surface area contributed by atoms with E-state index in [0.29, 0.717) is 11.6 Å². The lowest BCUT2D eigenvalue weighted by Gasteiger charge is -2.51. The zero-order valence-corrected chi connectivity index (χ0v) is 32.1. The van der Waals surface area contributed by atoms with Crippen LogP contribution in [0, 0.1) is 13.8 Å². The third-order valence-electron chi connectivity index (χ3n) is 11.1. The predicted molar refractivity (Wildman–Crippen MR) is 213 cm³/mol. The predicted octanol–water partition coefficient (Wildman–Crippen LogP) is 5.94. The number of carbonyl (C=O) groups excluding carboxylic acids is 1. The van der Waals surface area contributed by atoms with Gasteiger partial charge in [0.1, 0.15) is 6.33 Å². The molecule has 2 aliphatic rings. The molecule has 0 spiro atoms. The summed E-state index contributed by atoms with van der Waals surface area (Å²) in [4.78, 5) is 28.8. The number of likely N-dealkylation sites (tertiary alicyclic amines) is 2. The summed E-state index contributed by atoms with van der Waals surface area (Å²) in [6.45, 7) is 16.0. The number of nitrogens with zero attached hydrogens (tertiary/aromatic N) is 5. The standard InChI is InChI=1S/C42H53N7O3S/c1-32-40(33(2)45-31-44-32)34(3)47-26-21-42(4,22-27-47)48-24-19-39(20-25-48)49(30-36-11-7-5-8-12-36)38-17-15-35(16-18-38)29-46-53(51,52)28-23-43-41(50)37-13-9-6-10-14-37/h5-18,31,39,46H,3,19-30H2,1-2,4H3,(H,43,50). The van der Waals surface area contributed by atoms with E-state index in [-0.39, 0.29) is 30.3 Å². The van der Waals surface area contributed by atoms with Crippen LogP contribution in [0.4, 0.5) is 5.69 Å². The molecule has 1 amide bonds. The highest BCUT2D eigenvalue weighted by Gasteiger charge is 2.39. The zero-order chi connectivity index (χ0) is 37.4. The second kappa shape index (κ2) is 17.0. The van der Waals surface area contributed by atoms with E-state index in [9.17, 15) is 13.2 Å². The normalized spacial score (nSPS) is 16.6. The molecular weight excluding hydrogens is 683 g/mol. The number of rotatable bonds is 14. The van der Waals surface area contributed by atoms with E-state index in [1.165, 1.54) is 5.56 Å². The lowest BCUT2D eigenvalue weighted by atomic mass is 9.85. The Balaban J connectivity index is 1.04. The summed E-state index contributed by atoms with van der Waals surface area (Å²) in [7, 11) is -3.58. The second-order valence-electron chi connectivity index (χ2n) is 14.6. The van der Waals surface area contributed by atoms with Crippen molar-refractivity contribution in [2.75, 3.05) is 43.4 Å². The molecule has 0 bridgehead atoms. The van der Waals surface area contributed by atoms with Gasteiger partial charge in [0, 0.05) is 79.9 Å². The first kappa shape index (κ1) is 38.2. The molecule has 3 aromatic carbocycles. The summed E-state index contributed by atoms with van der Waals surface area (Å²) in [6.07, 6.45) is 5.94. The summed E-state index contributed by atoms with van der Waals surface area (Å²) in [5.74, 6) is -0.480. The average Bonchev–Trinajstić information content (AvgIpc) is 3.17. The van der Waals surface area contributed by atoms with Crippen LogP contribution in [-0.4, -0.2) is 84.2 Å². The number of sulfonamides is 1. The molecular formula is C42H53N7O3S. The summed E-state index contributed by atoms with van der Waals surface area (Å²) in [5.41, 5.74) is 8.00. The lowest BCUT2D eigenvalue weighted by Crippen LogP contribution is -2.57. The number of nitrogens with one attached hydrogen (secondary N) is 2. The molecule has 2 aliphatic heterocycles. The molecule has 0 atom stereocenters. The number of amides is 1. The van der Waals surface area contributed by atoms with Crippen molar-refractivity contribution >= 4 is 27.3 Å². The number of aryl methyl sites for hydroxylation is 2. The van der Waals surface area contributed by atoms with Crippen molar-refractivity contribution in [1.82, 2.24) is 29.8 Å². The monoisotopic (exact) mass is 735 g/mol. The number of hydrogen-bond donors (Lipinski definition) is 2. The van der Waals surface area contributed by atoms with Crippen molar-refractivity contribution < 1.29 is 13.2 Å². The highest BCUT2D eigenvalue weighted by atomic mass is 32.2. The minimum absolute atomic E-state index is 0.0339. The topological polar surface area (TPSA) is 111 Å². The molecule has 6 rings (SSSR count). The van der Waals surface area contributed by atoms with Crippen molar-refractivity contribution in [3.63, 3.8) is 0 Å². The second-order valence-corrected chi connectivity index (χ2v) is 16.5. The number of anilines is 1. The SMILES string of the molecule is C=C(c1c(C)ncnc1C)N1CCC(C)(N2CCC(N(Cc3ccccc3)c3ccc(CNS(=O)(=O)CCNC(=O)c4ccccc4)cc3)CC2)CC1. The Bertz CT molecular complexity index is 1920. The minimum atomic E-state index is -3.58. The molecule has 2 N–H and O–H groups in total. The van der Waals surface area contributed by atoms with Crippen molar-refractivity contribution in [3.05, 3.63) is 131 Å². The average molecular weight is 736 g/mol. The number of benzene rings is 3. The van der Waals surface area contributed by atoms with Gasteiger partial charge in [-0.05, 0) is 81.8 Å². The number of carbonyl (C=O) groups is 1. The third kappa shape index (κ3) is 9.70. The van der Waals surface area contributed by atoms with E-state index in [1.54, 1.807) is 30.6 Å². The largest absolute Gasteiger partial charge is 0.371 e. The van der Waals surface area contributed by atoms with Crippen LogP contribution < -0.4 is 14.9 Å². The molecule has 0 aliphatic carbocycles. The number of piperidine rings is 2. The van der Waals surface area contributed by atoms with Gasteiger partial charge in [-0.15, -0.1) is 0 Å². The molecule has 2 saturated heterocycles. The Morgan fingerprint density at radius 1 is 0.868 bits per heavy atom. The highest BCUT2D eigenvalue weighted by Crippen LogP contribution is 2.36. The molecule has 4 aromatic rings. The van der Waals surface area contributed by atoms with Crippen LogP contribution in [0.15, 0.2) is 97.8 Å². The summed E-state index contributed by atoms with van der Waals surface area (Å²) in [5, 5.41) is 2.69. The van der Waals surface area contributed by atoms with E-state index in [4.69, 9.17) is 0 Å². The molecule has 53 heavy (non-hydrogen) atoms. The Kier molecular flexibility index (Phi) is 12.3. The van der Waals surface area contributed by atoms with E-state index in [1.807, 2.05) is 32.0 Å². The summed E-state index contributed by atoms with van der Waals surface area (Å²) in [6, 6.07) is 28.0. The molecule has 1 aromatic heterocycles. The van der Waals surface area contributed by atoms with Crippen LogP contribution in [0.1, 0.15) is 71.0 Å². The van der Waals surface area contributed by atoms with Gasteiger partial charge in [-0.25, -0.2) is 23.1 Å². The van der Waals surface area contributed by atoms with Gasteiger partial charge in [0.25, 0.3) is 5.91 Å². The molecule has 3 heterocycles. The first-order valence-electron chi connectivity index (χ1n) is 18.7. The van der Waals surface area contributed by atoms with Crippen molar-refractivity contribution in [2.24, 2.45) is 0 Å². The molecule has 11 heteroatoms. The van der Waals surface area contributed by atoms with Gasteiger partial charge in [0.15, 0.2) is 0 Å². The smallest absolute Gasteiger partial charge is 0.251 e. The van der Waals surface area contributed by atoms with Gasteiger partial charge in [-0.2, -0.15) is 0 Å². The Labute approximate surface area is 315 Å². The molecule has 0 unspecified atom stereocenters. The van der Waals surface area contributed by atoms with Crippen LogP contribution in [0.5, 0.6) is 0 Å². The Morgan fingerprint density at radius 3 is 2.09 bits per heavy atom. The molecule has 2 fully saturated rings. The first-order chi connectivity index (χ1) is 25.5. The van der Waals surface area contributed by atoms with Crippen LogP contribution in [0.2, 0.25) is 0 Å². The molecule has 0 saturated carbocycles. The van der Waals surface area contributed by atoms with Crippen LogP contribution >= 0.6 is 0 Å². The van der Waals surface area contributed by atoms with Gasteiger partial charge < -0.3 is 15.1 Å². The maximum Gasteiger partial charge on any atom is 0.251 e. The zero-order valence-electron chi connectivity index (χ0n) is 31.3. The molecule has 0 radical (unpaired) electrons. The number of aromatic nitrogens is 2. The fraction of sp³-hybridized carbons (Fsp3) is 0.405. The Hall–Kier alpha value is -4.58.